The number of hydrogen-bond acceptors (Lipinski definition) is 13. The van der Waals surface area contributed by atoms with Gasteiger partial charge in [-0.1, -0.05) is 24.3 Å². The summed E-state index contributed by atoms with van der Waals surface area (Å²) in [5.41, 5.74) is 13.3. The van der Waals surface area contributed by atoms with Gasteiger partial charge in [0.2, 0.25) is 20.0 Å². The summed E-state index contributed by atoms with van der Waals surface area (Å²) in [6.45, 7) is 0.941. The molecule has 1 atom stereocenters. The number of anilines is 1. The van der Waals surface area contributed by atoms with Crippen LogP contribution in [0.25, 0.3) is 11.4 Å². The van der Waals surface area contributed by atoms with Crippen LogP contribution in [0.3, 0.4) is 0 Å². The van der Waals surface area contributed by atoms with Crippen LogP contribution in [0.4, 0.5) is 5.69 Å². The molecule has 5 rings (SSSR count). The van der Waals surface area contributed by atoms with Crippen molar-refractivity contribution in [2.75, 3.05) is 51.8 Å². The number of nitrogens with two attached hydrogens (primary N) is 2. The van der Waals surface area contributed by atoms with Crippen LogP contribution < -0.4 is 35.3 Å². The fourth-order valence-electron chi connectivity index (χ4n) is 5.68. The standard InChI is InChI=1S/C32H43N9O7S2/c1-47-26-7-3-23(4-8-26)19-35-50(45,46)31-29(49(43,44)36-20-25(42)18-34)12-11-28(40-15-13-22(17-33)14-16-40)30(31)32-37-38-39-41(32)21-24-5-9-27(48-2)10-6-24/h3-12,22,25,35-36,42H,13-21,33-34H2,1-2H3/t25-/m1/s1. The Bertz CT molecular complexity index is 1950. The number of nitrogens with zero attached hydrogens (tertiary/aromatic N) is 5. The molecule has 0 bridgehead atoms. The van der Waals surface area contributed by atoms with E-state index in [0.29, 0.717) is 48.3 Å². The molecule has 4 aromatic rings. The molecule has 0 unspecified atom stereocenters. The normalized spacial score (nSPS) is 14.9. The van der Waals surface area contributed by atoms with Gasteiger partial charge in [-0.05, 0) is 83.3 Å². The maximum atomic E-state index is 14.6. The summed E-state index contributed by atoms with van der Waals surface area (Å²) in [6, 6.07) is 16.8. The summed E-state index contributed by atoms with van der Waals surface area (Å²) in [5.74, 6) is 1.58. The first-order valence-corrected chi connectivity index (χ1v) is 19.0. The second-order valence-corrected chi connectivity index (χ2v) is 15.3. The Hall–Kier alpha value is -4.17. The lowest BCUT2D eigenvalue weighted by molar-refractivity contribution is 0.186. The second-order valence-electron chi connectivity index (χ2n) is 11.9. The van der Waals surface area contributed by atoms with Gasteiger partial charge < -0.3 is 30.9 Å². The van der Waals surface area contributed by atoms with Gasteiger partial charge in [0.25, 0.3) is 0 Å². The highest BCUT2D eigenvalue weighted by molar-refractivity contribution is 7.92. The monoisotopic (exact) mass is 729 g/mol. The third-order valence-corrected chi connectivity index (χ3v) is 11.7. The lowest BCUT2D eigenvalue weighted by Crippen LogP contribution is -2.38. The van der Waals surface area contributed by atoms with Crippen molar-refractivity contribution in [1.82, 2.24) is 29.7 Å². The Morgan fingerprint density at radius 3 is 2.08 bits per heavy atom. The van der Waals surface area contributed by atoms with Crippen molar-refractivity contribution in [2.45, 2.75) is 41.8 Å². The van der Waals surface area contributed by atoms with Gasteiger partial charge >= 0.3 is 0 Å². The zero-order valence-electron chi connectivity index (χ0n) is 27.9. The van der Waals surface area contributed by atoms with Crippen molar-refractivity contribution in [3.05, 3.63) is 71.8 Å². The van der Waals surface area contributed by atoms with Gasteiger partial charge in [0.1, 0.15) is 21.3 Å². The minimum absolute atomic E-state index is 0.0131. The molecule has 1 aliphatic rings. The van der Waals surface area contributed by atoms with Crippen LogP contribution in [-0.4, -0.2) is 95.2 Å². The SMILES string of the molecule is COc1ccc(CNS(=O)(=O)c2c(S(=O)(=O)NC[C@H](O)CN)ccc(N3CCC(CN)CC3)c2-c2nnnn2Cc2ccc(OC)cc2)cc1. The van der Waals surface area contributed by atoms with E-state index in [4.69, 9.17) is 20.9 Å². The summed E-state index contributed by atoms with van der Waals surface area (Å²) >= 11 is 0. The van der Waals surface area contributed by atoms with E-state index in [-0.39, 0.29) is 31.0 Å². The van der Waals surface area contributed by atoms with E-state index in [1.54, 1.807) is 49.6 Å². The molecule has 0 amide bonds. The number of methoxy groups -OCH3 is 2. The number of aliphatic hydroxyl groups excluding tert-OH is 1. The fourth-order valence-corrected chi connectivity index (χ4v) is 8.79. The molecule has 1 aliphatic heterocycles. The number of sulfonamides is 2. The van der Waals surface area contributed by atoms with Crippen molar-refractivity contribution >= 4 is 25.7 Å². The first-order valence-electron chi connectivity index (χ1n) is 16.0. The van der Waals surface area contributed by atoms with E-state index in [1.807, 2.05) is 17.0 Å². The van der Waals surface area contributed by atoms with Gasteiger partial charge in [-0.15, -0.1) is 5.10 Å². The predicted molar refractivity (Wildman–Crippen MR) is 187 cm³/mol. The summed E-state index contributed by atoms with van der Waals surface area (Å²) in [5, 5.41) is 22.4. The molecule has 0 aliphatic carbocycles. The van der Waals surface area contributed by atoms with E-state index in [1.165, 1.54) is 17.9 Å². The summed E-state index contributed by atoms with van der Waals surface area (Å²) in [6.07, 6.45) is 0.309. The number of nitrogens with one attached hydrogen (secondary N) is 2. The van der Waals surface area contributed by atoms with Crippen molar-refractivity contribution in [2.24, 2.45) is 17.4 Å². The van der Waals surface area contributed by atoms with E-state index in [0.717, 1.165) is 18.4 Å². The lowest BCUT2D eigenvalue weighted by atomic mass is 9.96. The highest BCUT2D eigenvalue weighted by Gasteiger charge is 2.36. The molecule has 0 radical (unpaired) electrons. The quantitative estimate of drug-likeness (QED) is 0.107. The van der Waals surface area contributed by atoms with Gasteiger partial charge in [0, 0.05) is 38.4 Å². The molecule has 16 nitrogen and oxygen atoms in total. The number of aliphatic hydroxyl groups is 1. The summed E-state index contributed by atoms with van der Waals surface area (Å²) in [7, 11) is -6.09. The third-order valence-electron chi connectivity index (χ3n) is 8.60. The molecule has 0 saturated carbocycles. The number of aromatic nitrogens is 4. The minimum Gasteiger partial charge on any atom is -0.497 e. The molecule has 1 fully saturated rings. The van der Waals surface area contributed by atoms with E-state index < -0.39 is 42.5 Å². The van der Waals surface area contributed by atoms with Crippen molar-refractivity contribution in [1.29, 1.82) is 0 Å². The number of rotatable bonds is 16. The van der Waals surface area contributed by atoms with Crippen LogP contribution in [0, 0.1) is 5.92 Å². The van der Waals surface area contributed by atoms with Gasteiger partial charge in [0.05, 0.1) is 32.4 Å². The van der Waals surface area contributed by atoms with E-state index in [9.17, 15) is 21.9 Å². The van der Waals surface area contributed by atoms with Crippen molar-refractivity contribution < 1.29 is 31.4 Å². The predicted octanol–water partition coefficient (Wildman–Crippen LogP) is 0.657. The lowest BCUT2D eigenvalue weighted by Gasteiger charge is -2.35. The summed E-state index contributed by atoms with van der Waals surface area (Å²) < 4.78 is 73.8. The van der Waals surface area contributed by atoms with Crippen molar-refractivity contribution in [3.63, 3.8) is 0 Å². The van der Waals surface area contributed by atoms with Crippen LogP contribution >= 0.6 is 0 Å². The number of hydrogen-bond donors (Lipinski definition) is 5. The Kier molecular flexibility index (Phi) is 12.0. The third kappa shape index (κ3) is 8.58. The summed E-state index contributed by atoms with van der Waals surface area (Å²) in [4.78, 5) is 0.918. The zero-order chi connectivity index (χ0) is 35.9. The van der Waals surface area contributed by atoms with Crippen LogP contribution in [0.2, 0.25) is 0 Å². The average Bonchev–Trinajstić information content (AvgIpc) is 3.60. The van der Waals surface area contributed by atoms with Gasteiger partial charge in [0.15, 0.2) is 5.82 Å². The molecule has 7 N–H and O–H groups in total. The fraction of sp³-hybridized carbons (Fsp3) is 0.406. The molecule has 1 aromatic heterocycles. The van der Waals surface area contributed by atoms with Gasteiger partial charge in [-0.2, -0.15) is 0 Å². The maximum absolute atomic E-state index is 14.6. The van der Waals surface area contributed by atoms with Crippen LogP contribution in [0.1, 0.15) is 24.0 Å². The molecular weight excluding hydrogens is 687 g/mol. The molecule has 0 spiro atoms. The Morgan fingerprint density at radius 1 is 0.880 bits per heavy atom. The van der Waals surface area contributed by atoms with Crippen LogP contribution in [0.5, 0.6) is 11.5 Å². The first kappa shape index (κ1) is 37.1. The highest BCUT2D eigenvalue weighted by Crippen LogP contribution is 2.41. The molecule has 270 valence electrons. The smallest absolute Gasteiger partial charge is 0.243 e. The molecular formula is C32H43N9O7S2. The maximum Gasteiger partial charge on any atom is 0.243 e. The highest BCUT2D eigenvalue weighted by atomic mass is 32.2. The Balaban J connectivity index is 1.70. The first-order chi connectivity index (χ1) is 24.0. The van der Waals surface area contributed by atoms with Gasteiger partial charge in [-0.3, -0.25) is 0 Å². The molecule has 2 heterocycles. The number of tetrazole rings is 1. The molecule has 3 aromatic carbocycles. The van der Waals surface area contributed by atoms with Crippen LogP contribution in [-0.2, 0) is 33.1 Å². The topological polar surface area (TPSA) is 230 Å². The molecule has 18 heteroatoms. The Morgan fingerprint density at radius 2 is 1.50 bits per heavy atom. The molecule has 50 heavy (non-hydrogen) atoms. The number of piperidine rings is 1. The average molecular weight is 730 g/mol. The van der Waals surface area contributed by atoms with E-state index in [2.05, 4.69) is 25.0 Å². The second kappa shape index (κ2) is 16.2. The van der Waals surface area contributed by atoms with Gasteiger partial charge in [-0.25, -0.2) is 31.0 Å². The Labute approximate surface area is 291 Å². The largest absolute Gasteiger partial charge is 0.497 e. The number of benzene rings is 3. The van der Waals surface area contributed by atoms with E-state index >= 15 is 0 Å². The number of ether oxygens (including phenoxy) is 2. The minimum atomic E-state index is -4.62. The van der Waals surface area contributed by atoms with Crippen LogP contribution in [0.15, 0.2) is 70.5 Å². The molecule has 1 saturated heterocycles. The van der Waals surface area contributed by atoms with Crippen molar-refractivity contribution in [3.8, 4) is 22.9 Å². The zero-order valence-corrected chi connectivity index (χ0v) is 29.5.